The summed E-state index contributed by atoms with van der Waals surface area (Å²) in [5.41, 5.74) is 3.32. The number of hydrogen-bond acceptors (Lipinski definition) is 7. The van der Waals surface area contributed by atoms with Crippen LogP contribution in [-0.2, 0) is 9.53 Å². The molecule has 0 aliphatic heterocycles. The highest BCUT2D eigenvalue weighted by molar-refractivity contribution is 6.13. The molecule has 7 nitrogen and oxygen atoms in total. The molecule has 148 valence electrons. The van der Waals surface area contributed by atoms with Crippen LogP contribution in [0.15, 0.2) is 36.4 Å². The van der Waals surface area contributed by atoms with E-state index < -0.39 is 0 Å². The lowest BCUT2D eigenvalue weighted by molar-refractivity contribution is -0.148. The summed E-state index contributed by atoms with van der Waals surface area (Å²) in [6, 6.07) is 11.1. The van der Waals surface area contributed by atoms with E-state index in [9.17, 15) is 15.2 Å². The molecule has 1 unspecified atom stereocenters. The molecule has 0 spiro atoms. The number of nitrogens with zero attached hydrogens (tertiary/aromatic N) is 2. The first-order valence-corrected chi connectivity index (χ1v) is 9.39. The largest absolute Gasteiger partial charge is 0.461 e. The Bertz CT molecular complexity index is 1000. The van der Waals surface area contributed by atoms with Crippen LogP contribution in [0.3, 0.4) is 0 Å². The summed E-state index contributed by atoms with van der Waals surface area (Å²) in [5, 5.41) is 24.4. The van der Waals surface area contributed by atoms with Crippen LogP contribution in [0.4, 0.5) is 11.4 Å². The number of pyridine rings is 1. The highest BCUT2D eigenvalue weighted by Crippen LogP contribution is 2.38. The van der Waals surface area contributed by atoms with E-state index in [1.54, 1.807) is 19.1 Å². The van der Waals surface area contributed by atoms with E-state index in [1.807, 2.05) is 38.1 Å². The number of anilines is 2. The second kappa shape index (κ2) is 8.41. The zero-order valence-electron chi connectivity index (χ0n) is 16.3. The Morgan fingerprint density at radius 3 is 2.64 bits per heavy atom. The van der Waals surface area contributed by atoms with Gasteiger partial charge in [0.1, 0.15) is 11.8 Å². The van der Waals surface area contributed by atoms with Gasteiger partial charge in [-0.25, -0.2) is 4.98 Å². The number of aromatic nitrogens is 1. The Morgan fingerprint density at radius 2 is 1.96 bits per heavy atom. The number of benzene rings is 2. The molecular weight excluding hydrogens is 358 g/mol. The minimum Gasteiger partial charge on any atom is -0.461 e. The lowest BCUT2D eigenvalue weighted by atomic mass is 10.0. The first-order valence-electron chi connectivity index (χ1n) is 9.39. The van der Waals surface area contributed by atoms with E-state index in [4.69, 9.17) is 9.72 Å². The van der Waals surface area contributed by atoms with Gasteiger partial charge in [-0.2, -0.15) is 0 Å². The fraction of sp³-hybridized carbons (Fsp3) is 0.333. The third-order valence-electron chi connectivity index (χ3n) is 4.78. The summed E-state index contributed by atoms with van der Waals surface area (Å²) in [4.78, 5) is 16.4. The van der Waals surface area contributed by atoms with E-state index >= 15 is 0 Å². The molecule has 0 aliphatic carbocycles. The molecule has 28 heavy (non-hydrogen) atoms. The Morgan fingerprint density at radius 1 is 1.21 bits per heavy atom. The molecule has 3 rings (SSSR count). The van der Waals surface area contributed by atoms with Crippen molar-refractivity contribution in [1.82, 2.24) is 4.98 Å². The number of fused-ring (bicyclic) bond motifs is 2. The first-order chi connectivity index (χ1) is 13.5. The maximum absolute atomic E-state index is 11.7. The van der Waals surface area contributed by atoms with Gasteiger partial charge >= 0.3 is 5.97 Å². The maximum Gasteiger partial charge on any atom is 0.305 e. The van der Waals surface area contributed by atoms with Crippen molar-refractivity contribution in [2.75, 3.05) is 17.1 Å². The van der Waals surface area contributed by atoms with E-state index in [1.165, 1.54) is 0 Å². The second-order valence-electron chi connectivity index (χ2n) is 6.67. The molecule has 1 aromatic heterocycles. The Hall–Kier alpha value is -2.90. The zero-order valence-corrected chi connectivity index (χ0v) is 16.3. The molecule has 0 aliphatic rings. The molecule has 0 amide bonds. The van der Waals surface area contributed by atoms with Gasteiger partial charge in [-0.1, -0.05) is 38.1 Å². The molecule has 0 saturated heterocycles. The fourth-order valence-corrected chi connectivity index (χ4v) is 3.22. The standard InChI is InChI=1S/C21H25N3O4/c1-4-14(28-18(25)5-2)12-22-21-15-8-6-7-9-16(15)23-20-13(3)10-11-17(19(20)21)24(26)27/h6-11,14,26-27H,4-5,12H2,1-3H3,(H,22,23). The normalized spacial score (nSPS) is 12.2. The third-order valence-corrected chi connectivity index (χ3v) is 4.78. The molecule has 3 aromatic rings. The molecule has 7 heteroatoms. The van der Waals surface area contributed by atoms with Crippen LogP contribution in [0, 0.1) is 6.92 Å². The van der Waals surface area contributed by atoms with Crippen molar-refractivity contribution < 1.29 is 19.9 Å². The number of para-hydroxylation sites is 1. The summed E-state index contributed by atoms with van der Waals surface area (Å²) < 4.78 is 5.47. The van der Waals surface area contributed by atoms with Crippen LogP contribution in [0.5, 0.6) is 0 Å². The molecule has 3 N–H and O–H groups in total. The molecule has 0 saturated carbocycles. The van der Waals surface area contributed by atoms with E-state index in [0.29, 0.717) is 30.3 Å². The number of carbonyl (C=O) groups excluding carboxylic acids is 1. The molecule has 2 aromatic carbocycles. The number of aryl methyl sites for hydroxylation is 1. The number of ether oxygens (including phenoxy) is 1. The number of carbonyl (C=O) groups is 1. The smallest absolute Gasteiger partial charge is 0.305 e. The van der Waals surface area contributed by atoms with Gasteiger partial charge in [0.05, 0.1) is 28.7 Å². The van der Waals surface area contributed by atoms with Crippen LogP contribution < -0.4 is 10.5 Å². The van der Waals surface area contributed by atoms with Crippen LogP contribution in [-0.4, -0.2) is 34.0 Å². The average Bonchev–Trinajstić information content (AvgIpc) is 2.70. The van der Waals surface area contributed by atoms with E-state index in [2.05, 4.69) is 5.32 Å². The van der Waals surface area contributed by atoms with Gasteiger partial charge in [-0.15, -0.1) is 5.23 Å². The quantitative estimate of drug-likeness (QED) is 0.316. The minimum atomic E-state index is -0.290. The maximum atomic E-state index is 11.7. The molecule has 0 radical (unpaired) electrons. The van der Waals surface area contributed by atoms with Crippen LogP contribution >= 0.6 is 0 Å². The molecule has 1 atom stereocenters. The van der Waals surface area contributed by atoms with Crippen molar-refractivity contribution in [3.8, 4) is 0 Å². The van der Waals surface area contributed by atoms with Crippen molar-refractivity contribution >= 4 is 39.1 Å². The molecule has 0 bridgehead atoms. The average molecular weight is 383 g/mol. The second-order valence-corrected chi connectivity index (χ2v) is 6.67. The van der Waals surface area contributed by atoms with Gasteiger partial charge in [-0.3, -0.25) is 15.2 Å². The van der Waals surface area contributed by atoms with Crippen LogP contribution in [0.2, 0.25) is 0 Å². The Labute approximate surface area is 163 Å². The van der Waals surface area contributed by atoms with Gasteiger partial charge < -0.3 is 10.1 Å². The van der Waals surface area contributed by atoms with Crippen molar-refractivity contribution in [1.29, 1.82) is 0 Å². The molecular formula is C21H25N3O4. The summed E-state index contributed by atoms with van der Waals surface area (Å²) in [7, 11) is 0. The zero-order chi connectivity index (χ0) is 20.3. The number of esters is 1. The predicted molar refractivity (Wildman–Crippen MR) is 109 cm³/mol. The third kappa shape index (κ3) is 3.85. The lowest BCUT2D eigenvalue weighted by Crippen LogP contribution is -2.25. The van der Waals surface area contributed by atoms with Crippen LogP contribution in [0.1, 0.15) is 32.3 Å². The summed E-state index contributed by atoms with van der Waals surface area (Å²) in [5.74, 6) is -0.244. The van der Waals surface area contributed by atoms with Gasteiger partial charge in [-0.05, 0) is 31.0 Å². The Balaban J connectivity index is 2.14. The highest BCUT2D eigenvalue weighted by Gasteiger charge is 2.18. The van der Waals surface area contributed by atoms with Gasteiger partial charge in [0.2, 0.25) is 0 Å². The minimum absolute atomic E-state index is 0.109. The van der Waals surface area contributed by atoms with Crippen LogP contribution in [0.25, 0.3) is 21.8 Å². The van der Waals surface area contributed by atoms with Crippen molar-refractivity contribution in [3.05, 3.63) is 42.0 Å². The lowest BCUT2D eigenvalue weighted by Gasteiger charge is -2.21. The van der Waals surface area contributed by atoms with E-state index in [0.717, 1.165) is 22.2 Å². The number of rotatable bonds is 7. The number of hydrogen-bond donors (Lipinski definition) is 3. The molecule has 1 heterocycles. The van der Waals surface area contributed by atoms with Crippen molar-refractivity contribution in [2.45, 2.75) is 39.7 Å². The van der Waals surface area contributed by atoms with Gasteiger partial charge in [0.25, 0.3) is 0 Å². The summed E-state index contributed by atoms with van der Waals surface area (Å²) >= 11 is 0. The van der Waals surface area contributed by atoms with Crippen molar-refractivity contribution in [3.63, 3.8) is 0 Å². The predicted octanol–water partition coefficient (Wildman–Crippen LogP) is 4.42. The topological polar surface area (TPSA) is 94.9 Å². The van der Waals surface area contributed by atoms with E-state index in [-0.39, 0.29) is 23.0 Å². The monoisotopic (exact) mass is 383 g/mol. The summed E-state index contributed by atoms with van der Waals surface area (Å²) in [6.45, 7) is 6.04. The van der Waals surface area contributed by atoms with Gasteiger partial charge in [0.15, 0.2) is 0 Å². The summed E-state index contributed by atoms with van der Waals surface area (Å²) in [6.07, 6.45) is 0.699. The number of nitrogens with one attached hydrogen (secondary N) is 1. The highest BCUT2D eigenvalue weighted by atomic mass is 16.8. The molecule has 0 fully saturated rings. The SMILES string of the molecule is CCC(=O)OC(CC)CNc1c2ccccc2nc2c(C)ccc(N(O)O)c12. The Kier molecular flexibility index (Phi) is 5.96. The fourth-order valence-electron chi connectivity index (χ4n) is 3.22. The van der Waals surface area contributed by atoms with Crippen molar-refractivity contribution in [2.24, 2.45) is 0 Å². The first kappa shape index (κ1) is 19.9. The van der Waals surface area contributed by atoms with Gasteiger partial charge in [0, 0.05) is 11.8 Å².